The maximum atomic E-state index is 13.1. The fourth-order valence-electron chi connectivity index (χ4n) is 4.10. The first-order valence-corrected chi connectivity index (χ1v) is 11.3. The van der Waals surface area contributed by atoms with Crippen LogP contribution >= 0.6 is 11.6 Å². The molecule has 3 aromatic heterocycles. The van der Waals surface area contributed by atoms with Crippen LogP contribution in [0.1, 0.15) is 12.5 Å². The molecule has 35 heavy (non-hydrogen) atoms. The van der Waals surface area contributed by atoms with E-state index in [1.54, 1.807) is 33.4 Å². The Hall–Kier alpha value is -3.92. The quantitative estimate of drug-likeness (QED) is 0.330. The summed E-state index contributed by atoms with van der Waals surface area (Å²) in [5.41, 5.74) is 0.988. The van der Waals surface area contributed by atoms with Gasteiger partial charge in [0.25, 0.3) is 6.43 Å². The molecular formula is C24H21ClF2N6O2. The van der Waals surface area contributed by atoms with Crippen LogP contribution in [0.25, 0.3) is 21.9 Å². The van der Waals surface area contributed by atoms with Gasteiger partial charge in [-0.05, 0) is 36.8 Å². The molecule has 0 unspecified atom stereocenters. The summed E-state index contributed by atoms with van der Waals surface area (Å²) in [7, 11) is 0. The average Bonchev–Trinajstić information content (AvgIpc) is 3.38. The second-order valence-electron chi connectivity index (χ2n) is 8.08. The third kappa shape index (κ3) is 4.32. The molecule has 0 radical (unpaired) electrons. The first-order valence-electron chi connectivity index (χ1n) is 10.9. The Morgan fingerprint density at radius 2 is 1.91 bits per heavy atom. The van der Waals surface area contributed by atoms with Gasteiger partial charge in [-0.3, -0.25) is 9.36 Å². The zero-order valence-electron chi connectivity index (χ0n) is 18.6. The van der Waals surface area contributed by atoms with Crippen molar-refractivity contribution in [1.29, 1.82) is 0 Å². The minimum atomic E-state index is -2.65. The highest BCUT2D eigenvalue weighted by Crippen LogP contribution is 2.31. The number of fused-ring (bicyclic) bond motifs is 2. The number of aryl methyl sites for hydroxylation is 1. The summed E-state index contributed by atoms with van der Waals surface area (Å²) >= 11 is 6.01. The Morgan fingerprint density at radius 1 is 1.14 bits per heavy atom. The average molecular weight is 499 g/mol. The van der Waals surface area contributed by atoms with Crippen LogP contribution in [0.5, 0.6) is 5.88 Å². The molecule has 0 aliphatic rings. The van der Waals surface area contributed by atoms with E-state index in [0.717, 1.165) is 15.5 Å². The zero-order chi connectivity index (χ0) is 24.7. The second kappa shape index (κ2) is 9.03. The minimum absolute atomic E-state index is 0.00191. The number of benzene rings is 2. The number of nitrogens with one attached hydrogen (secondary N) is 1. The predicted molar refractivity (Wildman–Crippen MR) is 131 cm³/mol. The fourth-order valence-corrected chi connectivity index (χ4v) is 4.22. The molecule has 0 spiro atoms. The number of halogens is 3. The maximum absolute atomic E-state index is 13.1. The molecule has 3 heterocycles. The molecule has 0 aliphatic heterocycles. The second-order valence-corrected chi connectivity index (χ2v) is 8.52. The van der Waals surface area contributed by atoms with Crippen LogP contribution in [0.3, 0.4) is 0 Å². The summed E-state index contributed by atoms with van der Waals surface area (Å²) in [5, 5.41) is 15.7. The number of hydrogen-bond donors (Lipinski definition) is 2. The molecule has 5 aromatic rings. The maximum Gasteiger partial charge on any atom is 0.300 e. The number of nitrogens with zero attached hydrogens (tertiary/aromatic N) is 5. The molecule has 0 aliphatic carbocycles. The van der Waals surface area contributed by atoms with E-state index in [2.05, 4.69) is 15.3 Å². The number of anilines is 2. The van der Waals surface area contributed by atoms with E-state index in [1.165, 1.54) is 6.33 Å². The van der Waals surface area contributed by atoms with Crippen molar-refractivity contribution in [3.63, 3.8) is 0 Å². The van der Waals surface area contributed by atoms with Gasteiger partial charge < -0.3 is 19.6 Å². The highest BCUT2D eigenvalue weighted by molar-refractivity contribution is 6.30. The number of aromatic hydroxyl groups is 1. The summed E-state index contributed by atoms with van der Waals surface area (Å²) in [6.45, 7) is 2.14. The standard InChI is InChI=1S/C24H21ClF2N6O2/c1-2-31-11-15-5-8-17(9-18(15)23(31)35)29-24-30-22(34)20-21(28-13-32(20)12-19(26)27)33(24)10-14-3-6-16(25)7-4-14/h3-9,11,13,19,35H,2,10,12H2,1H3,(H,29,30,34). The van der Waals surface area contributed by atoms with Crippen LogP contribution < -0.4 is 10.9 Å². The molecule has 0 amide bonds. The fraction of sp³-hybridized carbons (Fsp3) is 0.208. The molecule has 5 rings (SSSR count). The summed E-state index contributed by atoms with van der Waals surface area (Å²) in [5.74, 6) is 0.326. The van der Waals surface area contributed by atoms with Crippen molar-refractivity contribution in [2.24, 2.45) is 0 Å². The van der Waals surface area contributed by atoms with Gasteiger partial charge in [-0.1, -0.05) is 29.8 Å². The third-order valence-electron chi connectivity index (χ3n) is 5.79. The molecule has 2 aromatic carbocycles. The normalized spacial score (nSPS) is 11.7. The van der Waals surface area contributed by atoms with Gasteiger partial charge >= 0.3 is 5.56 Å². The summed E-state index contributed by atoms with van der Waals surface area (Å²) in [4.78, 5) is 21.3. The zero-order valence-corrected chi connectivity index (χ0v) is 19.4. The van der Waals surface area contributed by atoms with Gasteiger partial charge in [-0.15, -0.1) is 0 Å². The van der Waals surface area contributed by atoms with E-state index >= 15 is 0 Å². The molecule has 2 N–H and O–H groups in total. The first-order chi connectivity index (χ1) is 16.8. The number of imidazole rings is 1. The van der Waals surface area contributed by atoms with Crippen LogP contribution in [0, 0.1) is 0 Å². The number of alkyl halides is 2. The lowest BCUT2D eigenvalue weighted by Gasteiger charge is -2.15. The van der Waals surface area contributed by atoms with Crippen LogP contribution in [-0.2, 0) is 19.6 Å². The Bertz CT molecular complexity index is 1590. The topological polar surface area (TPSA) is 89.9 Å². The summed E-state index contributed by atoms with van der Waals surface area (Å²) < 4.78 is 30.6. The summed E-state index contributed by atoms with van der Waals surface area (Å²) in [6.07, 6.45) is 0.425. The van der Waals surface area contributed by atoms with Gasteiger partial charge in [0.1, 0.15) is 0 Å². The van der Waals surface area contributed by atoms with Crippen LogP contribution in [0.15, 0.2) is 59.8 Å². The highest BCUT2D eigenvalue weighted by Gasteiger charge is 2.19. The van der Waals surface area contributed by atoms with Gasteiger partial charge in [-0.2, -0.15) is 4.98 Å². The van der Waals surface area contributed by atoms with Gasteiger partial charge in [-0.25, -0.2) is 13.8 Å². The Kier molecular flexibility index (Phi) is 5.89. The highest BCUT2D eigenvalue weighted by atomic mass is 35.5. The van der Waals surface area contributed by atoms with E-state index < -0.39 is 18.5 Å². The van der Waals surface area contributed by atoms with Crippen molar-refractivity contribution in [3.05, 3.63) is 75.9 Å². The van der Waals surface area contributed by atoms with E-state index in [0.29, 0.717) is 22.6 Å². The smallest absolute Gasteiger partial charge is 0.300 e. The monoisotopic (exact) mass is 498 g/mol. The van der Waals surface area contributed by atoms with Crippen molar-refractivity contribution < 1.29 is 13.9 Å². The largest absolute Gasteiger partial charge is 0.494 e. The van der Waals surface area contributed by atoms with Crippen molar-refractivity contribution >= 4 is 45.2 Å². The molecule has 0 saturated carbocycles. The summed E-state index contributed by atoms with van der Waals surface area (Å²) in [6, 6.07) is 12.5. The molecule has 0 fully saturated rings. The van der Waals surface area contributed by atoms with E-state index in [4.69, 9.17) is 11.6 Å². The van der Waals surface area contributed by atoms with Crippen LogP contribution in [0.2, 0.25) is 5.02 Å². The lowest BCUT2D eigenvalue weighted by molar-refractivity contribution is 0.128. The number of rotatable bonds is 7. The number of aromatic nitrogens is 5. The molecule has 0 saturated heterocycles. The van der Waals surface area contributed by atoms with Crippen LogP contribution in [0.4, 0.5) is 20.4 Å². The van der Waals surface area contributed by atoms with Gasteiger partial charge in [0.05, 0.1) is 19.4 Å². The van der Waals surface area contributed by atoms with E-state index in [9.17, 15) is 18.7 Å². The Labute approximate surface area is 203 Å². The molecular weight excluding hydrogens is 478 g/mol. The number of hydrogen-bond acceptors (Lipinski definition) is 5. The molecule has 0 atom stereocenters. The molecule has 0 bridgehead atoms. The molecule has 180 valence electrons. The SMILES string of the molecule is CCn1cc2ccc(Nc3nc(=O)c4c(ncn4CC(F)F)n3Cc3ccc(Cl)cc3)cc2c1O. The van der Waals surface area contributed by atoms with Crippen molar-refractivity contribution in [1.82, 2.24) is 23.7 Å². The van der Waals surface area contributed by atoms with Gasteiger partial charge in [0.15, 0.2) is 17.0 Å². The van der Waals surface area contributed by atoms with Gasteiger partial charge in [0, 0.05) is 34.2 Å². The lowest BCUT2D eigenvalue weighted by Crippen LogP contribution is -2.21. The first kappa shape index (κ1) is 22.9. The van der Waals surface area contributed by atoms with E-state index in [1.807, 2.05) is 31.3 Å². The third-order valence-corrected chi connectivity index (χ3v) is 6.04. The lowest BCUT2D eigenvalue weighted by atomic mass is 10.2. The molecule has 11 heteroatoms. The minimum Gasteiger partial charge on any atom is -0.494 e. The Balaban J connectivity index is 1.63. The van der Waals surface area contributed by atoms with Crippen LogP contribution in [-0.4, -0.2) is 35.2 Å². The van der Waals surface area contributed by atoms with Crippen molar-refractivity contribution in [3.8, 4) is 5.88 Å². The predicted octanol–water partition coefficient (Wildman–Crippen LogP) is 4.98. The Morgan fingerprint density at radius 3 is 2.63 bits per heavy atom. The van der Waals surface area contributed by atoms with Crippen molar-refractivity contribution in [2.45, 2.75) is 33.0 Å². The van der Waals surface area contributed by atoms with E-state index in [-0.39, 0.29) is 29.5 Å². The molecule has 8 nitrogen and oxygen atoms in total. The van der Waals surface area contributed by atoms with Gasteiger partial charge in [0.2, 0.25) is 5.95 Å². The van der Waals surface area contributed by atoms with Crippen molar-refractivity contribution in [2.75, 3.05) is 5.32 Å².